The van der Waals surface area contributed by atoms with Gasteiger partial charge in [-0.1, -0.05) is 6.07 Å². The molecule has 3 nitrogen and oxygen atoms in total. The molecule has 1 unspecified atom stereocenters. The number of hydrazine groups is 1. The molecule has 0 heterocycles. The van der Waals surface area contributed by atoms with Gasteiger partial charge in [0.1, 0.15) is 5.75 Å². The van der Waals surface area contributed by atoms with E-state index < -0.39 is 0 Å². The zero-order valence-electron chi connectivity index (χ0n) is 10.7. The fourth-order valence-electron chi connectivity index (χ4n) is 2.02. The highest BCUT2D eigenvalue weighted by Crippen LogP contribution is 2.28. The molecule has 1 atom stereocenters. The molecule has 0 saturated carbocycles. The molecule has 0 aromatic heterocycles. The van der Waals surface area contributed by atoms with Gasteiger partial charge >= 0.3 is 0 Å². The number of benzene rings is 1. The zero-order valence-corrected chi connectivity index (χ0v) is 11.5. The van der Waals surface area contributed by atoms with E-state index in [2.05, 4.69) is 24.5 Å². The molecule has 0 fully saturated rings. The third-order valence-corrected chi connectivity index (χ3v) is 3.25. The fraction of sp³-hybridized carbons (Fsp3) is 0.538. The molecule has 0 spiro atoms. The molecule has 0 bridgehead atoms. The van der Waals surface area contributed by atoms with Gasteiger partial charge in [-0.3, -0.25) is 11.3 Å². The third-order valence-electron chi connectivity index (χ3n) is 2.99. The van der Waals surface area contributed by atoms with E-state index in [4.69, 9.17) is 22.2 Å². The SMILES string of the molecule is COc1cc(C)c(C(CCCCl)NN)cc1C. The lowest BCUT2D eigenvalue weighted by Crippen LogP contribution is -2.28. The molecule has 0 radical (unpaired) electrons. The molecule has 0 saturated heterocycles. The Labute approximate surface area is 108 Å². The highest BCUT2D eigenvalue weighted by Gasteiger charge is 2.14. The van der Waals surface area contributed by atoms with Gasteiger partial charge in [-0.2, -0.15) is 0 Å². The van der Waals surface area contributed by atoms with Crippen LogP contribution in [0.3, 0.4) is 0 Å². The highest BCUT2D eigenvalue weighted by atomic mass is 35.5. The number of ether oxygens (including phenoxy) is 1. The van der Waals surface area contributed by atoms with Gasteiger partial charge in [0.2, 0.25) is 0 Å². The van der Waals surface area contributed by atoms with Crippen LogP contribution in [0.5, 0.6) is 5.75 Å². The van der Waals surface area contributed by atoms with Crippen LogP contribution in [0, 0.1) is 13.8 Å². The number of hydrogen-bond acceptors (Lipinski definition) is 3. The van der Waals surface area contributed by atoms with Gasteiger partial charge in [0.25, 0.3) is 0 Å². The number of nitrogens with two attached hydrogens (primary N) is 1. The molecule has 96 valence electrons. The van der Waals surface area contributed by atoms with Crippen LogP contribution in [-0.4, -0.2) is 13.0 Å². The second kappa shape index (κ2) is 6.84. The fourth-order valence-corrected chi connectivity index (χ4v) is 2.17. The van der Waals surface area contributed by atoms with Crippen LogP contribution >= 0.6 is 11.6 Å². The summed E-state index contributed by atoms with van der Waals surface area (Å²) in [6.45, 7) is 4.11. The first-order valence-corrected chi connectivity index (χ1v) is 6.34. The van der Waals surface area contributed by atoms with E-state index in [0.29, 0.717) is 5.88 Å². The molecule has 17 heavy (non-hydrogen) atoms. The Morgan fingerprint density at radius 3 is 2.59 bits per heavy atom. The van der Waals surface area contributed by atoms with Crippen LogP contribution in [-0.2, 0) is 0 Å². The van der Waals surface area contributed by atoms with Gasteiger partial charge in [0.15, 0.2) is 0 Å². The lowest BCUT2D eigenvalue weighted by Gasteiger charge is -2.20. The Balaban J connectivity index is 2.99. The minimum atomic E-state index is 0.151. The van der Waals surface area contributed by atoms with E-state index in [1.807, 2.05) is 6.92 Å². The maximum atomic E-state index is 5.72. The molecular formula is C13H21ClN2O. The van der Waals surface area contributed by atoms with Crippen LogP contribution in [0.25, 0.3) is 0 Å². The van der Waals surface area contributed by atoms with Gasteiger partial charge in [-0.25, -0.2) is 0 Å². The molecule has 0 aliphatic heterocycles. The standard InChI is InChI=1S/C13H21ClN2O/c1-9-8-13(17-3)10(2)7-11(9)12(16-15)5-4-6-14/h7-8,12,16H,4-6,15H2,1-3H3. The minimum Gasteiger partial charge on any atom is -0.496 e. The predicted molar refractivity (Wildman–Crippen MR) is 72.5 cm³/mol. The number of hydrogen-bond donors (Lipinski definition) is 2. The first-order chi connectivity index (χ1) is 8.13. The van der Waals surface area contributed by atoms with Gasteiger partial charge < -0.3 is 4.74 Å². The Morgan fingerprint density at radius 1 is 1.35 bits per heavy atom. The van der Waals surface area contributed by atoms with Crippen LogP contribution < -0.4 is 16.0 Å². The molecule has 1 rings (SSSR count). The molecule has 0 amide bonds. The summed E-state index contributed by atoms with van der Waals surface area (Å²) in [6.07, 6.45) is 1.88. The number of aryl methyl sites for hydroxylation is 2. The van der Waals surface area contributed by atoms with E-state index in [-0.39, 0.29) is 6.04 Å². The maximum absolute atomic E-state index is 5.72. The molecule has 0 aliphatic rings. The van der Waals surface area contributed by atoms with Crippen molar-refractivity contribution in [1.29, 1.82) is 0 Å². The second-order valence-corrected chi connectivity index (χ2v) is 4.61. The normalized spacial score (nSPS) is 12.5. The van der Waals surface area contributed by atoms with Crippen molar-refractivity contribution in [3.05, 3.63) is 28.8 Å². The average molecular weight is 257 g/mol. The Hall–Kier alpha value is -0.770. The zero-order chi connectivity index (χ0) is 12.8. The molecule has 0 aliphatic carbocycles. The van der Waals surface area contributed by atoms with E-state index in [9.17, 15) is 0 Å². The summed E-state index contributed by atoms with van der Waals surface area (Å²) in [6, 6.07) is 4.33. The number of methoxy groups -OCH3 is 1. The smallest absolute Gasteiger partial charge is 0.122 e. The van der Waals surface area contributed by atoms with E-state index in [1.165, 1.54) is 11.1 Å². The Bertz CT molecular complexity index is 369. The first-order valence-electron chi connectivity index (χ1n) is 5.81. The minimum absolute atomic E-state index is 0.151. The Morgan fingerprint density at radius 2 is 2.06 bits per heavy atom. The van der Waals surface area contributed by atoms with Crippen molar-refractivity contribution in [3.63, 3.8) is 0 Å². The summed E-state index contributed by atoms with van der Waals surface area (Å²) in [7, 11) is 1.69. The van der Waals surface area contributed by atoms with Crippen molar-refractivity contribution in [2.24, 2.45) is 5.84 Å². The van der Waals surface area contributed by atoms with Crippen LogP contribution in [0.1, 0.15) is 35.6 Å². The summed E-state index contributed by atoms with van der Waals surface area (Å²) in [4.78, 5) is 0. The van der Waals surface area contributed by atoms with Gasteiger partial charge in [-0.15, -0.1) is 11.6 Å². The van der Waals surface area contributed by atoms with Crippen molar-refractivity contribution in [3.8, 4) is 5.75 Å². The van der Waals surface area contributed by atoms with Crippen LogP contribution in [0.2, 0.25) is 0 Å². The number of halogens is 1. The van der Waals surface area contributed by atoms with Crippen LogP contribution in [0.4, 0.5) is 0 Å². The molecule has 1 aromatic rings. The van der Waals surface area contributed by atoms with Crippen molar-refractivity contribution in [2.45, 2.75) is 32.7 Å². The third kappa shape index (κ3) is 3.60. The molecule has 3 N–H and O–H groups in total. The molecular weight excluding hydrogens is 236 g/mol. The van der Waals surface area contributed by atoms with Gasteiger partial charge in [0, 0.05) is 11.9 Å². The van der Waals surface area contributed by atoms with Crippen molar-refractivity contribution < 1.29 is 4.74 Å². The summed E-state index contributed by atoms with van der Waals surface area (Å²) in [5.74, 6) is 7.19. The summed E-state index contributed by atoms with van der Waals surface area (Å²) in [5.41, 5.74) is 6.39. The number of alkyl halides is 1. The largest absolute Gasteiger partial charge is 0.496 e. The second-order valence-electron chi connectivity index (χ2n) is 4.23. The topological polar surface area (TPSA) is 47.3 Å². The Kier molecular flexibility index (Phi) is 5.75. The van der Waals surface area contributed by atoms with E-state index in [0.717, 1.165) is 24.2 Å². The molecule has 1 aromatic carbocycles. The van der Waals surface area contributed by atoms with E-state index in [1.54, 1.807) is 7.11 Å². The monoisotopic (exact) mass is 256 g/mol. The van der Waals surface area contributed by atoms with Crippen molar-refractivity contribution in [1.82, 2.24) is 5.43 Å². The number of rotatable bonds is 6. The van der Waals surface area contributed by atoms with Crippen molar-refractivity contribution in [2.75, 3.05) is 13.0 Å². The van der Waals surface area contributed by atoms with E-state index >= 15 is 0 Å². The maximum Gasteiger partial charge on any atom is 0.122 e. The highest BCUT2D eigenvalue weighted by molar-refractivity contribution is 6.17. The predicted octanol–water partition coefficient (Wildman–Crippen LogP) is 2.84. The summed E-state index contributed by atoms with van der Waals surface area (Å²) in [5, 5.41) is 0. The molecule has 4 heteroatoms. The summed E-state index contributed by atoms with van der Waals surface area (Å²) >= 11 is 5.72. The first kappa shape index (κ1) is 14.3. The number of nitrogens with one attached hydrogen (secondary N) is 1. The lowest BCUT2D eigenvalue weighted by molar-refractivity contribution is 0.410. The van der Waals surface area contributed by atoms with Crippen LogP contribution in [0.15, 0.2) is 12.1 Å². The quantitative estimate of drug-likeness (QED) is 0.467. The van der Waals surface area contributed by atoms with Gasteiger partial charge in [0.05, 0.1) is 7.11 Å². The lowest BCUT2D eigenvalue weighted by atomic mass is 9.96. The van der Waals surface area contributed by atoms with Crippen molar-refractivity contribution >= 4 is 11.6 Å². The van der Waals surface area contributed by atoms with Gasteiger partial charge in [-0.05, 0) is 49.4 Å². The average Bonchev–Trinajstić information content (AvgIpc) is 2.33. The summed E-state index contributed by atoms with van der Waals surface area (Å²) < 4.78 is 5.30.